The highest BCUT2D eigenvalue weighted by Gasteiger charge is 2.37. The minimum absolute atomic E-state index is 0.0348. The highest BCUT2D eigenvalue weighted by atomic mass is 16.7. The summed E-state index contributed by atoms with van der Waals surface area (Å²) in [7, 11) is 0. The average Bonchev–Trinajstić information content (AvgIpc) is 3.20. The van der Waals surface area contributed by atoms with Gasteiger partial charge in [-0.15, -0.1) is 0 Å². The lowest BCUT2D eigenvalue weighted by Crippen LogP contribution is -2.40. The summed E-state index contributed by atoms with van der Waals surface area (Å²) in [6.07, 6.45) is 0.444. The van der Waals surface area contributed by atoms with E-state index in [1.54, 1.807) is 4.90 Å². The average molecular weight is 362 g/mol. The summed E-state index contributed by atoms with van der Waals surface area (Å²) in [5.74, 6) is 0.301. The molecule has 140 valence electrons. The summed E-state index contributed by atoms with van der Waals surface area (Å²) >= 11 is 0. The second kappa shape index (κ2) is 8.13. The van der Waals surface area contributed by atoms with Gasteiger partial charge >= 0.3 is 6.09 Å². The molecule has 0 N–H and O–H groups in total. The van der Waals surface area contributed by atoms with Gasteiger partial charge in [-0.1, -0.05) is 30.3 Å². The lowest BCUT2D eigenvalue weighted by atomic mass is 10.1. The molecule has 0 aliphatic carbocycles. The van der Waals surface area contributed by atoms with Crippen molar-refractivity contribution in [1.29, 1.82) is 0 Å². The maximum absolute atomic E-state index is 12.4. The van der Waals surface area contributed by atoms with Crippen LogP contribution in [0.3, 0.4) is 0 Å². The maximum atomic E-state index is 12.4. The maximum Gasteiger partial charge on any atom is 0.417 e. The van der Waals surface area contributed by atoms with Crippen molar-refractivity contribution in [1.82, 2.24) is 9.80 Å². The molecule has 0 spiro atoms. The topological polar surface area (TPSA) is 97.5 Å². The Labute approximate surface area is 151 Å². The number of guanidine groups is 1. The van der Waals surface area contributed by atoms with Crippen LogP contribution in [0.15, 0.2) is 35.4 Å². The zero-order valence-corrected chi connectivity index (χ0v) is 14.6. The third-order valence-corrected chi connectivity index (χ3v) is 4.47. The van der Waals surface area contributed by atoms with Crippen molar-refractivity contribution in [2.45, 2.75) is 26.1 Å². The number of benzene rings is 1. The second-order valence-corrected chi connectivity index (χ2v) is 6.52. The highest BCUT2D eigenvalue weighted by Crippen LogP contribution is 2.22. The minimum Gasteiger partial charge on any atom is -0.444 e. The van der Waals surface area contributed by atoms with E-state index in [9.17, 15) is 14.9 Å². The van der Waals surface area contributed by atoms with Crippen LogP contribution in [0.4, 0.5) is 4.79 Å². The first-order valence-electron chi connectivity index (χ1n) is 8.60. The summed E-state index contributed by atoms with van der Waals surface area (Å²) in [6.45, 7) is 4.09. The van der Waals surface area contributed by atoms with E-state index in [4.69, 9.17) is 9.47 Å². The number of nitro groups is 1. The summed E-state index contributed by atoms with van der Waals surface area (Å²) < 4.78 is 10.8. The Morgan fingerprint density at radius 1 is 1.38 bits per heavy atom. The Kier molecular flexibility index (Phi) is 5.67. The van der Waals surface area contributed by atoms with Gasteiger partial charge in [0.2, 0.25) is 0 Å². The number of carbonyl (C=O) groups excluding carboxylic acids is 1. The molecule has 2 fully saturated rings. The van der Waals surface area contributed by atoms with Gasteiger partial charge in [-0.2, -0.15) is 0 Å². The van der Waals surface area contributed by atoms with Crippen molar-refractivity contribution < 1.29 is 19.3 Å². The summed E-state index contributed by atoms with van der Waals surface area (Å²) in [5, 5.41) is 13.6. The Bertz CT molecular complexity index is 681. The second-order valence-electron chi connectivity index (χ2n) is 6.52. The number of nitrogens with zero attached hydrogens (tertiary/aromatic N) is 4. The number of amides is 1. The van der Waals surface area contributed by atoms with Crippen LogP contribution in [0.1, 0.15) is 18.9 Å². The zero-order valence-electron chi connectivity index (χ0n) is 14.6. The number of carbonyl (C=O) groups is 1. The number of ether oxygens (including phenoxy) is 2. The number of hydrogen-bond donors (Lipinski definition) is 0. The van der Waals surface area contributed by atoms with Gasteiger partial charge in [0.15, 0.2) is 5.03 Å². The monoisotopic (exact) mass is 362 g/mol. The van der Waals surface area contributed by atoms with Gasteiger partial charge in [0, 0.05) is 19.0 Å². The predicted molar refractivity (Wildman–Crippen MR) is 92.9 cm³/mol. The number of rotatable bonds is 5. The van der Waals surface area contributed by atoms with Gasteiger partial charge in [-0.05, 0) is 18.9 Å². The molecule has 1 amide bonds. The molecule has 2 aliphatic heterocycles. The van der Waals surface area contributed by atoms with Crippen LogP contribution in [0, 0.1) is 16.0 Å². The minimum atomic E-state index is -0.779. The standard InChI is InChI=1S/C17H22N4O5/c1-13-9-15(12-25-13)10-19-7-8-20(16(19)18-21(23)24)17(22)26-11-14-5-3-2-4-6-14/h2-6,13,15H,7-12H2,1H3. The van der Waals surface area contributed by atoms with Gasteiger partial charge in [0.1, 0.15) is 11.7 Å². The van der Waals surface area contributed by atoms with Gasteiger partial charge in [-0.3, -0.25) is 0 Å². The largest absolute Gasteiger partial charge is 0.444 e. The first kappa shape index (κ1) is 18.1. The zero-order chi connectivity index (χ0) is 18.5. The molecule has 9 nitrogen and oxygen atoms in total. The van der Waals surface area contributed by atoms with Crippen LogP contribution in [-0.4, -0.2) is 59.2 Å². The van der Waals surface area contributed by atoms with Gasteiger partial charge < -0.3 is 14.4 Å². The molecule has 0 radical (unpaired) electrons. The molecule has 0 bridgehead atoms. The Morgan fingerprint density at radius 3 is 2.81 bits per heavy atom. The molecule has 2 heterocycles. The molecule has 26 heavy (non-hydrogen) atoms. The third kappa shape index (κ3) is 4.48. The first-order chi connectivity index (χ1) is 12.5. The van der Waals surface area contributed by atoms with E-state index in [0.29, 0.717) is 26.2 Å². The van der Waals surface area contributed by atoms with Crippen LogP contribution in [-0.2, 0) is 16.1 Å². The lowest BCUT2D eigenvalue weighted by Gasteiger charge is -2.21. The number of hydrogen-bond acceptors (Lipinski definition) is 5. The van der Waals surface area contributed by atoms with E-state index in [1.165, 1.54) is 4.90 Å². The van der Waals surface area contributed by atoms with E-state index in [-0.39, 0.29) is 24.6 Å². The van der Waals surface area contributed by atoms with E-state index < -0.39 is 11.1 Å². The van der Waals surface area contributed by atoms with Crippen LogP contribution < -0.4 is 0 Å². The number of hydrazone groups is 1. The molecular weight excluding hydrogens is 340 g/mol. The van der Waals surface area contributed by atoms with Crippen molar-refractivity contribution in [2.24, 2.45) is 11.0 Å². The Hall–Kier alpha value is -2.68. The highest BCUT2D eigenvalue weighted by molar-refractivity contribution is 5.95. The van der Waals surface area contributed by atoms with Crippen LogP contribution in [0.5, 0.6) is 0 Å². The van der Waals surface area contributed by atoms with Crippen molar-refractivity contribution in [3.8, 4) is 0 Å². The molecule has 0 aromatic heterocycles. The molecule has 2 unspecified atom stereocenters. The van der Waals surface area contributed by atoms with Crippen molar-refractivity contribution >= 4 is 12.1 Å². The third-order valence-electron chi connectivity index (χ3n) is 4.47. The van der Waals surface area contributed by atoms with E-state index in [0.717, 1.165) is 12.0 Å². The predicted octanol–water partition coefficient (Wildman–Crippen LogP) is 1.91. The quantitative estimate of drug-likeness (QED) is 0.586. The SMILES string of the molecule is CC1CC(CN2CCN(C(=O)OCc3ccccc3)C2=N[N+](=O)[O-])CO1. The van der Waals surface area contributed by atoms with Crippen molar-refractivity contribution in [2.75, 3.05) is 26.2 Å². The van der Waals surface area contributed by atoms with Gasteiger partial charge in [0.25, 0.3) is 5.96 Å². The smallest absolute Gasteiger partial charge is 0.417 e. The van der Waals surface area contributed by atoms with Gasteiger partial charge in [0.05, 0.1) is 19.3 Å². The first-order valence-corrected chi connectivity index (χ1v) is 8.60. The van der Waals surface area contributed by atoms with Crippen molar-refractivity contribution in [3.63, 3.8) is 0 Å². The normalized spacial score (nSPS) is 24.3. The fourth-order valence-corrected chi connectivity index (χ4v) is 3.27. The van der Waals surface area contributed by atoms with Crippen LogP contribution in [0.25, 0.3) is 0 Å². The van der Waals surface area contributed by atoms with E-state index >= 15 is 0 Å². The summed E-state index contributed by atoms with van der Waals surface area (Å²) in [6, 6.07) is 9.27. The van der Waals surface area contributed by atoms with Crippen LogP contribution in [0.2, 0.25) is 0 Å². The van der Waals surface area contributed by atoms with E-state index in [2.05, 4.69) is 5.10 Å². The molecule has 2 saturated heterocycles. The van der Waals surface area contributed by atoms with Gasteiger partial charge in [-0.25, -0.2) is 19.8 Å². The fourth-order valence-electron chi connectivity index (χ4n) is 3.27. The molecule has 1 aromatic rings. The molecule has 2 aliphatic rings. The fraction of sp³-hybridized carbons (Fsp3) is 0.529. The van der Waals surface area contributed by atoms with E-state index in [1.807, 2.05) is 37.3 Å². The summed E-state index contributed by atoms with van der Waals surface area (Å²) in [5.41, 5.74) is 0.849. The molecule has 1 aromatic carbocycles. The summed E-state index contributed by atoms with van der Waals surface area (Å²) in [4.78, 5) is 26.3. The molecule has 9 heteroatoms. The van der Waals surface area contributed by atoms with Crippen molar-refractivity contribution in [3.05, 3.63) is 46.0 Å². The van der Waals surface area contributed by atoms with Crippen LogP contribution >= 0.6 is 0 Å². The Morgan fingerprint density at radius 2 is 2.15 bits per heavy atom. The Balaban J connectivity index is 1.64. The lowest BCUT2D eigenvalue weighted by molar-refractivity contribution is -0.486. The molecule has 0 saturated carbocycles. The molecule has 2 atom stereocenters. The molecule has 3 rings (SSSR count). The molecular formula is C17H22N4O5.